The molecule has 0 amide bonds. The van der Waals surface area contributed by atoms with Gasteiger partial charge in [0, 0.05) is 11.6 Å². The fourth-order valence-corrected chi connectivity index (χ4v) is 7.92. The minimum Gasteiger partial charge on any atom is -0.489 e. The van der Waals surface area contributed by atoms with Crippen molar-refractivity contribution in [3.8, 4) is 11.5 Å². The van der Waals surface area contributed by atoms with Gasteiger partial charge in [0.1, 0.15) is 55.2 Å². The lowest BCUT2D eigenvalue weighted by Gasteiger charge is -2.47. The molecule has 1 heterocycles. The first-order chi connectivity index (χ1) is 31.6. The Kier molecular flexibility index (Phi) is 15.8. The molecule has 1 saturated heterocycles. The summed E-state index contributed by atoms with van der Waals surface area (Å²) in [5, 5.41) is 0. The summed E-state index contributed by atoms with van der Waals surface area (Å²) in [7, 11) is 0. The topological polar surface area (TPSA) is 81.7 Å². The summed E-state index contributed by atoms with van der Waals surface area (Å²) >= 11 is 0. The number of ketones is 1. The molecule has 0 bridgehead atoms. The van der Waals surface area contributed by atoms with Crippen LogP contribution in [0.4, 0.5) is 0 Å². The van der Waals surface area contributed by atoms with E-state index in [1.165, 1.54) is 0 Å². The second-order valence-corrected chi connectivity index (χ2v) is 15.9. The van der Waals surface area contributed by atoms with Crippen molar-refractivity contribution < 1.29 is 38.0 Å². The van der Waals surface area contributed by atoms with Crippen molar-refractivity contribution >= 4 is 5.78 Å². The Bertz CT molecular complexity index is 2450. The SMILES string of the molecule is CC(=O)c1c(OCc2ccccc2)cc(OCc2ccccc2)cc1[C@H]1O[C@H](COCc2ccccc2)[C@H](OCc2ccccc2)[C@@H](OCc2ccccc2)[C@H]1OCc1ccccc1. The average molecular weight is 855 g/mol. The van der Waals surface area contributed by atoms with Gasteiger partial charge in [-0.15, -0.1) is 0 Å². The first kappa shape index (κ1) is 44.2. The number of rotatable bonds is 21. The Hall–Kier alpha value is -6.39. The van der Waals surface area contributed by atoms with Gasteiger partial charge in [-0.25, -0.2) is 0 Å². The Labute approximate surface area is 376 Å². The Balaban J connectivity index is 1.24. The molecular weight excluding hydrogens is 801 g/mol. The molecule has 0 N–H and O–H groups in total. The van der Waals surface area contributed by atoms with E-state index in [1.807, 2.05) is 188 Å². The summed E-state index contributed by atoms with van der Waals surface area (Å²) in [6.45, 7) is 3.42. The fourth-order valence-electron chi connectivity index (χ4n) is 7.92. The molecule has 0 aliphatic carbocycles. The maximum absolute atomic E-state index is 14.1. The van der Waals surface area contributed by atoms with Crippen molar-refractivity contribution in [1.29, 1.82) is 0 Å². The highest BCUT2D eigenvalue weighted by molar-refractivity contribution is 5.99. The van der Waals surface area contributed by atoms with Crippen LogP contribution in [0.1, 0.15) is 62.3 Å². The average Bonchev–Trinajstić information content (AvgIpc) is 3.35. The summed E-state index contributed by atoms with van der Waals surface area (Å²) in [5.41, 5.74) is 6.86. The summed E-state index contributed by atoms with van der Waals surface area (Å²) in [4.78, 5) is 14.1. The molecule has 64 heavy (non-hydrogen) atoms. The molecular formula is C56H54O8. The zero-order valence-electron chi connectivity index (χ0n) is 36.1. The van der Waals surface area contributed by atoms with Gasteiger partial charge in [0.05, 0.1) is 38.6 Å². The van der Waals surface area contributed by atoms with Crippen molar-refractivity contribution in [3.05, 3.63) is 239 Å². The molecule has 0 unspecified atom stereocenters. The van der Waals surface area contributed by atoms with E-state index in [9.17, 15) is 4.79 Å². The number of hydrogen-bond donors (Lipinski definition) is 0. The van der Waals surface area contributed by atoms with Crippen LogP contribution in [0.15, 0.2) is 194 Å². The van der Waals surface area contributed by atoms with E-state index in [0.29, 0.717) is 42.4 Å². The number of hydrogen-bond acceptors (Lipinski definition) is 8. The third-order valence-electron chi connectivity index (χ3n) is 11.1. The van der Waals surface area contributed by atoms with Crippen LogP contribution in [0, 0.1) is 0 Å². The maximum atomic E-state index is 14.1. The van der Waals surface area contributed by atoms with Gasteiger partial charge in [0.15, 0.2) is 5.78 Å². The highest BCUT2D eigenvalue weighted by atomic mass is 16.6. The predicted molar refractivity (Wildman–Crippen MR) is 247 cm³/mol. The number of ether oxygens (including phenoxy) is 7. The molecule has 0 radical (unpaired) electrons. The first-order valence-electron chi connectivity index (χ1n) is 21.8. The molecule has 0 saturated carbocycles. The van der Waals surface area contributed by atoms with Crippen LogP contribution < -0.4 is 9.47 Å². The van der Waals surface area contributed by atoms with Crippen molar-refractivity contribution in [2.75, 3.05) is 6.61 Å². The van der Waals surface area contributed by atoms with Gasteiger partial charge in [-0.1, -0.05) is 182 Å². The third kappa shape index (κ3) is 12.2. The number of Topliss-reactive ketones (excluding diaryl/α,β-unsaturated/α-hetero) is 1. The van der Waals surface area contributed by atoms with Crippen molar-refractivity contribution in [2.45, 2.75) is 77.1 Å². The molecule has 8 heteroatoms. The van der Waals surface area contributed by atoms with Gasteiger partial charge >= 0.3 is 0 Å². The van der Waals surface area contributed by atoms with E-state index in [-0.39, 0.29) is 32.2 Å². The lowest BCUT2D eigenvalue weighted by molar-refractivity contribution is -0.275. The van der Waals surface area contributed by atoms with Gasteiger partial charge < -0.3 is 33.2 Å². The van der Waals surface area contributed by atoms with Crippen LogP contribution in [0.25, 0.3) is 0 Å². The summed E-state index contributed by atoms with van der Waals surface area (Å²) in [6, 6.07) is 63.7. The van der Waals surface area contributed by atoms with Crippen LogP contribution >= 0.6 is 0 Å². The van der Waals surface area contributed by atoms with Crippen molar-refractivity contribution in [3.63, 3.8) is 0 Å². The summed E-state index contributed by atoms with van der Waals surface area (Å²) in [5.74, 6) is 0.695. The fraction of sp³-hybridized carbons (Fsp3) is 0.232. The van der Waals surface area contributed by atoms with E-state index in [2.05, 4.69) is 0 Å². The maximum Gasteiger partial charge on any atom is 0.163 e. The molecule has 0 spiro atoms. The van der Waals surface area contributed by atoms with Crippen LogP contribution in [-0.2, 0) is 63.3 Å². The second-order valence-electron chi connectivity index (χ2n) is 15.9. The first-order valence-corrected chi connectivity index (χ1v) is 21.8. The Morgan fingerprint density at radius 3 is 1.30 bits per heavy atom. The normalized spacial score (nSPS) is 18.3. The van der Waals surface area contributed by atoms with Gasteiger partial charge in [0.2, 0.25) is 0 Å². The van der Waals surface area contributed by atoms with E-state index >= 15 is 0 Å². The van der Waals surface area contributed by atoms with Gasteiger partial charge in [-0.3, -0.25) is 4.79 Å². The lowest BCUT2D eigenvalue weighted by Crippen LogP contribution is -2.58. The van der Waals surface area contributed by atoms with Crippen molar-refractivity contribution in [2.24, 2.45) is 0 Å². The zero-order valence-corrected chi connectivity index (χ0v) is 36.1. The number of carbonyl (C=O) groups excluding carboxylic acids is 1. The molecule has 1 aliphatic rings. The van der Waals surface area contributed by atoms with Crippen molar-refractivity contribution in [1.82, 2.24) is 0 Å². The van der Waals surface area contributed by atoms with Gasteiger partial charge in [-0.05, 0) is 46.4 Å². The largest absolute Gasteiger partial charge is 0.489 e. The molecule has 1 aliphatic heterocycles. The lowest BCUT2D eigenvalue weighted by atomic mass is 9.87. The van der Waals surface area contributed by atoms with E-state index in [0.717, 1.165) is 33.4 Å². The van der Waals surface area contributed by atoms with E-state index in [1.54, 1.807) is 13.0 Å². The van der Waals surface area contributed by atoms with Crippen LogP contribution in [0.5, 0.6) is 11.5 Å². The predicted octanol–water partition coefficient (Wildman–Crippen LogP) is 11.5. The monoisotopic (exact) mass is 854 g/mol. The summed E-state index contributed by atoms with van der Waals surface area (Å²) < 4.78 is 47.9. The second kappa shape index (κ2) is 22.8. The zero-order chi connectivity index (χ0) is 43.8. The van der Waals surface area contributed by atoms with E-state index in [4.69, 9.17) is 33.2 Å². The molecule has 7 aromatic carbocycles. The Morgan fingerprint density at radius 1 is 0.453 bits per heavy atom. The third-order valence-corrected chi connectivity index (χ3v) is 11.1. The highest BCUT2D eigenvalue weighted by Crippen LogP contribution is 2.43. The molecule has 5 atom stereocenters. The Morgan fingerprint density at radius 2 is 0.844 bits per heavy atom. The van der Waals surface area contributed by atoms with Crippen LogP contribution in [-0.4, -0.2) is 36.8 Å². The minimum atomic E-state index is -0.871. The minimum absolute atomic E-state index is 0.165. The quantitative estimate of drug-likeness (QED) is 0.0661. The number of benzene rings is 7. The molecule has 8 rings (SSSR count). The molecule has 326 valence electrons. The molecule has 8 nitrogen and oxygen atoms in total. The summed E-state index contributed by atoms with van der Waals surface area (Å²) in [6.07, 6.45) is -3.70. The smallest absolute Gasteiger partial charge is 0.163 e. The molecule has 7 aromatic rings. The van der Waals surface area contributed by atoms with Crippen LogP contribution in [0.3, 0.4) is 0 Å². The molecule has 1 fully saturated rings. The van der Waals surface area contributed by atoms with Gasteiger partial charge in [0.25, 0.3) is 0 Å². The molecule has 0 aromatic heterocycles. The van der Waals surface area contributed by atoms with Gasteiger partial charge in [-0.2, -0.15) is 0 Å². The highest BCUT2D eigenvalue weighted by Gasteiger charge is 2.50. The van der Waals surface area contributed by atoms with E-state index < -0.39 is 30.5 Å². The number of carbonyl (C=O) groups is 1. The standard InChI is InChI=1S/C56H54O8/c1-41(57)52-49(32-48(59-35-43-22-10-3-11-23-43)33-50(52)60-36-44-24-12-4-13-25-44)53-55(62-38-46-28-16-6-17-29-46)56(63-39-47-30-18-7-19-31-47)54(61-37-45-26-14-5-15-27-45)51(64-53)40-58-34-42-20-8-2-9-21-42/h2-33,51,53-56H,34-40H2,1H3/t51-,53-,54+,55+,56-/m1/s1. The van der Waals surface area contributed by atoms with Crippen LogP contribution in [0.2, 0.25) is 0 Å².